The van der Waals surface area contributed by atoms with Gasteiger partial charge in [0.05, 0.1) is 0 Å². The van der Waals surface area contributed by atoms with Gasteiger partial charge in [0.2, 0.25) is 0 Å². The molecule has 0 radical (unpaired) electrons. The first kappa shape index (κ1) is 15.6. The predicted molar refractivity (Wildman–Crippen MR) is 71.8 cm³/mol. The molecule has 100 valence electrons. The lowest BCUT2D eigenvalue weighted by molar-refractivity contribution is -0.137. The van der Waals surface area contributed by atoms with Crippen molar-refractivity contribution >= 4 is 37.8 Å². The Labute approximate surface area is 121 Å². The van der Waals surface area contributed by atoms with Crippen LogP contribution in [0.1, 0.15) is 31.2 Å². The lowest BCUT2D eigenvalue weighted by atomic mass is 10.0. The van der Waals surface area contributed by atoms with E-state index >= 15 is 0 Å². The number of carboxylic acid groups (broad SMARTS) is 1. The van der Waals surface area contributed by atoms with Crippen LogP contribution in [0.25, 0.3) is 0 Å². The number of carbonyl (C=O) groups is 1. The molecule has 1 N–H and O–H groups in total. The molecule has 0 saturated heterocycles. The highest BCUT2D eigenvalue weighted by Gasteiger charge is 2.33. The Balaban J connectivity index is 2.67. The van der Waals surface area contributed by atoms with Crippen molar-refractivity contribution < 1.29 is 18.7 Å². The average molecular weight is 386 g/mol. The molecule has 1 rings (SSSR count). The molecule has 0 aromatic heterocycles. The van der Waals surface area contributed by atoms with Crippen molar-refractivity contribution in [2.45, 2.75) is 31.6 Å². The van der Waals surface area contributed by atoms with Gasteiger partial charge in [0.15, 0.2) is 0 Å². The third kappa shape index (κ3) is 4.65. The molecule has 0 saturated carbocycles. The van der Waals surface area contributed by atoms with Crippen LogP contribution in [-0.4, -0.2) is 11.1 Å². The number of benzene rings is 1. The molecule has 6 heteroatoms. The molecule has 18 heavy (non-hydrogen) atoms. The van der Waals surface area contributed by atoms with Crippen molar-refractivity contribution in [1.82, 2.24) is 0 Å². The van der Waals surface area contributed by atoms with Crippen LogP contribution in [0.3, 0.4) is 0 Å². The zero-order valence-corrected chi connectivity index (χ0v) is 12.6. The highest BCUT2D eigenvalue weighted by Crippen LogP contribution is 2.39. The van der Waals surface area contributed by atoms with Crippen LogP contribution in [0.15, 0.2) is 27.1 Å². The van der Waals surface area contributed by atoms with Gasteiger partial charge in [-0.1, -0.05) is 31.9 Å². The Morgan fingerprint density at radius 3 is 2.56 bits per heavy atom. The molecule has 0 unspecified atom stereocenters. The summed E-state index contributed by atoms with van der Waals surface area (Å²) in [5, 5.41) is 8.44. The minimum atomic E-state index is -2.96. The summed E-state index contributed by atoms with van der Waals surface area (Å²) >= 11 is 6.26. The fraction of sp³-hybridized carbons (Fsp3) is 0.417. The maximum atomic E-state index is 13.9. The lowest BCUT2D eigenvalue weighted by Crippen LogP contribution is -2.14. The molecule has 0 amide bonds. The Bertz CT molecular complexity index is 436. The standard InChI is InChI=1S/C12H12Br2F2O2/c13-8-4-5-10(14)9(7-8)12(15,16)6-2-1-3-11(17)18/h4-5,7H,1-3,6H2,(H,17,18). The largest absolute Gasteiger partial charge is 0.481 e. The third-order valence-corrected chi connectivity index (χ3v) is 3.64. The van der Waals surface area contributed by atoms with Crippen molar-refractivity contribution in [3.63, 3.8) is 0 Å². The normalized spacial score (nSPS) is 11.6. The number of aliphatic carboxylic acids is 1. The second-order valence-electron chi connectivity index (χ2n) is 3.93. The maximum Gasteiger partial charge on any atom is 0.303 e. The minimum Gasteiger partial charge on any atom is -0.481 e. The highest BCUT2D eigenvalue weighted by atomic mass is 79.9. The Morgan fingerprint density at radius 1 is 1.28 bits per heavy atom. The summed E-state index contributed by atoms with van der Waals surface area (Å²) in [5.41, 5.74) is -0.0767. The molecule has 0 aliphatic rings. The molecule has 2 nitrogen and oxygen atoms in total. The number of hydrogen-bond acceptors (Lipinski definition) is 1. The summed E-state index contributed by atoms with van der Waals surface area (Å²) in [6.45, 7) is 0. The molecule has 0 bridgehead atoms. The van der Waals surface area contributed by atoms with E-state index in [2.05, 4.69) is 31.9 Å². The van der Waals surface area contributed by atoms with Crippen LogP contribution < -0.4 is 0 Å². The van der Waals surface area contributed by atoms with Gasteiger partial charge < -0.3 is 5.11 Å². The quantitative estimate of drug-likeness (QED) is 0.703. The predicted octanol–water partition coefficient (Wildman–Crippen LogP) is 4.95. The van der Waals surface area contributed by atoms with E-state index in [-0.39, 0.29) is 31.2 Å². The van der Waals surface area contributed by atoms with Crippen LogP contribution >= 0.6 is 31.9 Å². The fourth-order valence-electron chi connectivity index (χ4n) is 1.54. The van der Waals surface area contributed by atoms with Crippen LogP contribution in [0.2, 0.25) is 0 Å². The second-order valence-corrected chi connectivity index (χ2v) is 5.70. The first-order valence-corrected chi connectivity index (χ1v) is 6.96. The maximum absolute atomic E-state index is 13.9. The zero-order chi connectivity index (χ0) is 13.8. The van der Waals surface area contributed by atoms with Crippen LogP contribution in [-0.2, 0) is 10.7 Å². The highest BCUT2D eigenvalue weighted by molar-refractivity contribution is 9.11. The molecule has 1 aromatic carbocycles. The van der Waals surface area contributed by atoms with Gasteiger partial charge in [-0.3, -0.25) is 4.79 Å². The first-order valence-electron chi connectivity index (χ1n) is 5.38. The van der Waals surface area contributed by atoms with Gasteiger partial charge in [-0.25, -0.2) is 8.78 Å². The molecule has 0 heterocycles. The van der Waals surface area contributed by atoms with Gasteiger partial charge in [0, 0.05) is 27.4 Å². The number of halogens is 4. The van der Waals surface area contributed by atoms with E-state index in [9.17, 15) is 13.6 Å². The lowest BCUT2D eigenvalue weighted by Gasteiger charge is -2.18. The summed E-state index contributed by atoms with van der Waals surface area (Å²) in [6, 6.07) is 4.61. The van der Waals surface area contributed by atoms with Gasteiger partial charge in [0.25, 0.3) is 5.92 Å². The van der Waals surface area contributed by atoms with E-state index < -0.39 is 11.9 Å². The van der Waals surface area contributed by atoms with Gasteiger partial charge in [0.1, 0.15) is 0 Å². The summed E-state index contributed by atoms with van der Waals surface area (Å²) < 4.78 is 28.8. The SMILES string of the molecule is O=C(O)CCCCC(F)(F)c1cc(Br)ccc1Br. The Hall–Kier alpha value is -0.490. The fourth-order valence-corrected chi connectivity index (χ4v) is 2.43. The number of rotatable bonds is 6. The molecule has 0 aliphatic heterocycles. The van der Waals surface area contributed by atoms with Gasteiger partial charge in [-0.05, 0) is 31.0 Å². The van der Waals surface area contributed by atoms with Crippen molar-refractivity contribution in [1.29, 1.82) is 0 Å². The molecular weight excluding hydrogens is 374 g/mol. The monoisotopic (exact) mass is 384 g/mol. The zero-order valence-electron chi connectivity index (χ0n) is 9.43. The van der Waals surface area contributed by atoms with Gasteiger partial charge >= 0.3 is 5.97 Å². The number of carboxylic acids is 1. The van der Waals surface area contributed by atoms with Gasteiger partial charge in [-0.2, -0.15) is 0 Å². The van der Waals surface area contributed by atoms with E-state index in [1.807, 2.05) is 0 Å². The Kier molecular flexibility index (Phi) is 5.72. The first-order chi connectivity index (χ1) is 8.33. The smallest absolute Gasteiger partial charge is 0.303 e. The second kappa shape index (κ2) is 6.61. The number of hydrogen-bond donors (Lipinski definition) is 1. The van der Waals surface area contributed by atoms with Crippen LogP contribution in [0.5, 0.6) is 0 Å². The van der Waals surface area contributed by atoms with Crippen molar-refractivity contribution in [3.8, 4) is 0 Å². The number of unbranched alkanes of at least 4 members (excludes halogenated alkanes) is 1. The number of alkyl halides is 2. The van der Waals surface area contributed by atoms with E-state index in [1.54, 1.807) is 12.1 Å². The molecule has 1 aromatic rings. The van der Waals surface area contributed by atoms with E-state index in [4.69, 9.17) is 5.11 Å². The van der Waals surface area contributed by atoms with E-state index in [0.717, 1.165) is 0 Å². The molecular formula is C12H12Br2F2O2. The van der Waals surface area contributed by atoms with E-state index in [1.165, 1.54) is 6.07 Å². The summed E-state index contributed by atoms with van der Waals surface area (Å²) in [5.74, 6) is -3.91. The molecule has 0 atom stereocenters. The summed E-state index contributed by atoms with van der Waals surface area (Å²) in [4.78, 5) is 10.3. The summed E-state index contributed by atoms with van der Waals surface area (Å²) in [6.07, 6.45) is 0.0138. The molecule has 0 fully saturated rings. The summed E-state index contributed by atoms with van der Waals surface area (Å²) in [7, 11) is 0. The topological polar surface area (TPSA) is 37.3 Å². The van der Waals surface area contributed by atoms with Crippen molar-refractivity contribution in [2.24, 2.45) is 0 Å². The van der Waals surface area contributed by atoms with Gasteiger partial charge in [-0.15, -0.1) is 0 Å². The van der Waals surface area contributed by atoms with Crippen LogP contribution in [0, 0.1) is 0 Å². The van der Waals surface area contributed by atoms with Crippen molar-refractivity contribution in [3.05, 3.63) is 32.7 Å². The third-order valence-electron chi connectivity index (χ3n) is 2.45. The molecule has 0 spiro atoms. The van der Waals surface area contributed by atoms with Crippen molar-refractivity contribution in [2.75, 3.05) is 0 Å². The average Bonchev–Trinajstić information content (AvgIpc) is 2.27. The van der Waals surface area contributed by atoms with Crippen LogP contribution in [0.4, 0.5) is 8.78 Å². The minimum absolute atomic E-state index is 0.0737. The molecule has 0 aliphatic carbocycles. The van der Waals surface area contributed by atoms with E-state index in [0.29, 0.717) is 8.95 Å². The Morgan fingerprint density at radius 2 is 1.94 bits per heavy atom.